The van der Waals surface area contributed by atoms with Gasteiger partial charge in [0.1, 0.15) is 0 Å². The minimum Gasteiger partial charge on any atom is -0.359 e. The van der Waals surface area contributed by atoms with Crippen LogP contribution in [0.5, 0.6) is 0 Å². The van der Waals surface area contributed by atoms with Crippen molar-refractivity contribution in [1.29, 1.82) is 0 Å². The van der Waals surface area contributed by atoms with Gasteiger partial charge in [-0.2, -0.15) is 0 Å². The number of nitrogens with zero attached hydrogens (tertiary/aromatic N) is 1. The van der Waals surface area contributed by atoms with E-state index >= 15 is 0 Å². The number of ether oxygens (including phenoxy) is 3. The fourth-order valence-corrected chi connectivity index (χ4v) is 9.07. The molecule has 0 N–H and O–H groups in total. The maximum absolute atomic E-state index is 7.39. The predicted molar refractivity (Wildman–Crippen MR) is 130 cm³/mol. The molecule has 5 atom stereocenters. The van der Waals surface area contributed by atoms with E-state index in [2.05, 4.69) is 48.3 Å². The third-order valence-electron chi connectivity index (χ3n) is 10.5. The van der Waals surface area contributed by atoms with Crippen LogP contribution in [0.15, 0.2) is 60.0 Å². The van der Waals surface area contributed by atoms with Crippen LogP contribution in [0, 0.1) is 11.3 Å². The van der Waals surface area contributed by atoms with Crippen molar-refractivity contribution in [3.8, 4) is 0 Å². The van der Waals surface area contributed by atoms with Crippen LogP contribution < -0.4 is 0 Å². The van der Waals surface area contributed by atoms with Gasteiger partial charge < -0.3 is 14.2 Å². The van der Waals surface area contributed by atoms with E-state index in [1.54, 1.807) is 0 Å². The minimum absolute atomic E-state index is 0.138. The highest BCUT2D eigenvalue weighted by molar-refractivity contribution is 5.82. The lowest BCUT2D eigenvalue weighted by Gasteiger charge is -2.55. The monoisotopic (exact) mass is 455 g/mol. The molecule has 3 aliphatic heterocycles. The third-order valence-corrected chi connectivity index (χ3v) is 10.5. The van der Waals surface area contributed by atoms with Crippen LogP contribution in [0.3, 0.4) is 0 Å². The molecule has 2 aromatic rings. The lowest BCUT2D eigenvalue weighted by Crippen LogP contribution is -2.57. The summed E-state index contributed by atoms with van der Waals surface area (Å²) in [7, 11) is 0. The molecule has 4 heteroatoms. The number of hydrogen-bond acceptors (Lipinski definition) is 4. The Morgan fingerprint density at radius 1 is 0.971 bits per heavy atom. The number of pyridine rings is 1. The van der Waals surface area contributed by atoms with Crippen LogP contribution in [0.4, 0.5) is 0 Å². The second-order valence-electron chi connectivity index (χ2n) is 11.9. The van der Waals surface area contributed by atoms with E-state index in [0.717, 1.165) is 38.5 Å². The quantitative estimate of drug-likeness (QED) is 0.512. The maximum Gasteiger partial charge on any atom is 0.194 e. The molecule has 3 spiro atoms. The second kappa shape index (κ2) is 6.60. The van der Waals surface area contributed by atoms with E-state index in [-0.39, 0.29) is 16.6 Å². The third kappa shape index (κ3) is 2.38. The molecule has 1 aromatic heterocycles. The average molecular weight is 456 g/mol. The molecule has 6 aliphatic rings. The topological polar surface area (TPSA) is 40.6 Å². The zero-order valence-corrected chi connectivity index (χ0v) is 20.0. The van der Waals surface area contributed by atoms with Gasteiger partial charge in [0.15, 0.2) is 5.79 Å². The molecular weight excluding hydrogens is 422 g/mol. The number of benzene rings is 1. The molecule has 8 rings (SSSR count). The molecule has 0 radical (unpaired) electrons. The van der Waals surface area contributed by atoms with Crippen molar-refractivity contribution in [2.45, 2.75) is 81.2 Å². The summed E-state index contributed by atoms with van der Waals surface area (Å²) in [5.41, 5.74) is 4.07. The van der Waals surface area contributed by atoms with E-state index in [4.69, 9.17) is 14.2 Å². The smallest absolute Gasteiger partial charge is 0.194 e. The van der Waals surface area contributed by atoms with Crippen LogP contribution >= 0.6 is 0 Å². The number of allylic oxidation sites excluding steroid dienone is 1. The van der Waals surface area contributed by atoms with Gasteiger partial charge in [-0.05, 0) is 96.9 Å². The predicted octanol–water partition coefficient (Wildman–Crippen LogP) is 6.22. The Kier molecular flexibility index (Phi) is 3.92. The van der Waals surface area contributed by atoms with E-state index in [1.165, 1.54) is 40.3 Å². The molecule has 2 saturated carbocycles. The summed E-state index contributed by atoms with van der Waals surface area (Å²) in [5, 5.41) is 2.53. The summed E-state index contributed by atoms with van der Waals surface area (Å²) >= 11 is 0. The van der Waals surface area contributed by atoms with Crippen LogP contribution in [0.1, 0.15) is 69.8 Å². The van der Waals surface area contributed by atoms with Gasteiger partial charge in [0.25, 0.3) is 0 Å². The first-order valence-electron chi connectivity index (χ1n) is 13.3. The van der Waals surface area contributed by atoms with Gasteiger partial charge in [0, 0.05) is 29.8 Å². The number of hydrogen-bond donors (Lipinski definition) is 0. The van der Waals surface area contributed by atoms with Gasteiger partial charge >= 0.3 is 0 Å². The van der Waals surface area contributed by atoms with E-state index < -0.39 is 5.79 Å². The molecule has 34 heavy (non-hydrogen) atoms. The molecule has 176 valence electrons. The molecule has 1 aromatic carbocycles. The summed E-state index contributed by atoms with van der Waals surface area (Å²) in [6, 6.07) is 9.16. The summed E-state index contributed by atoms with van der Waals surface area (Å²) in [5.74, 6) is 0.572. The molecule has 4 fully saturated rings. The Hall–Kier alpha value is -2.01. The van der Waals surface area contributed by atoms with Crippen molar-refractivity contribution < 1.29 is 14.2 Å². The molecule has 0 unspecified atom stereocenters. The van der Waals surface area contributed by atoms with Crippen LogP contribution in [0.25, 0.3) is 10.8 Å². The number of aromatic nitrogens is 1. The fraction of sp³-hybridized carbons (Fsp3) is 0.567. The molecule has 2 saturated heterocycles. The zero-order chi connectivity index (χ0) is 22.6. The highest BCUT2D eigenvalue weighted by Crippen LogP contribution is 2.70. The minimum atomic E-state index is -0.534. The normalized spacial score (nSPS) is 41.7. The van der Waals surface area contributed by atoms with Crippen LogP contribution in [-0.4, -0.2) is 35.2 Å². The Bertz CT molecular complexity index is 1260. The first-order chi connectivity index (χ1) is 16.6. The SMILES string of the molecule is C[C@]12CC=C3C=C4C5(CCC[C@]46CC[C@]3(O6)[C@@H]1CC[C@@H]2c1ccc2ccncc2c1)OCCO5. The summed E-state index contributed by atoms with van der Waals surface area (Å²) < 4.78 is 20.0. The average Bonchev–Trinajstić information content (AvgIpc) is 3.54. The largest absolute Gasteiger partial charge is 0.359 e. The van der Waals surface area contributed by atoms with Crippen LogP contribution in [-0.2, 0) is 14.2 Å². The second-order valence-corrected chi connectivity index (χ2v) is 11.9. The molecular formula is C30H33NO3. The lowest BCUT2D eigenvalue weighted by atomic mass is 9.58. The van der Waals surface area contributed by atoms with Crippen molar-refractivity contribution in [2.75, 3.05) is 13.2 Å². The van der Waals surface area contributed by atoms with Gasteiger partial charge in [0.2, 0.25) is 0 Å². The van der Waals surface area contributed by atoms with Gasteiger partial charge in [0.05, 0.1) is 24.4 Å². The van der Waals surface area contributed by atoms with Gasteiger partial charge in [-0.15, -0.1) is 0 Å². The fourth-order valence-electron chi connectivity index (χ4n) is 9.07. The van der Waals surface area contributed by atoms with Crippen LogP contribution in [0.2, 0.25) is 0 Å². The Morgan fingerprint density at radius 3 is 2.79 bits per heavy atom. The lowest BCUT2D eigenvalue weighted by molar-refractivity contribution is -0.200. The number of rotatable bonds is 1. The Balaban J connectivity index is 1.22. The van der Waals surface area contributed by atoms with Crippen molar-refractivity contribution >= 4 is 10.8 Å². The Morgan fingerprint density at radius 2 is 1.88 bits per heavy atom. The summed E-state index contributed by atoms with van der Waals surface area (Å²) in [6.45, 7) is 3.94. The molecule has 2 bridgehead atoms. The maximum atomic E-state index is 7.39. The first-order valence-corrected chi connectivity index (χ1v) is 13.3. The zero-order valence-electron chi connectivity index (χ0n) is 20.0. The van der Waals surface area contributed by atoms with Crippen molar-refractivity contribution in [3.05, 3.63) is 65.5 Å². The van der Waals surface area contributed by atoms with Crippen molar-refractivity contribution in [2.24, 2.45) is 11.3 Å². The standard InChI is InChI=1S/C30H33NO3/c1-27-11-7-23-18-26-28(9-2-10-30(26)32-15-16-33-30)12-13-29(23,34-28)25(27)6-5-24(27)21-4-3-20-8-14-31-19-22(20)17-21/h3-4,7-8,14,17-19,24-25H,2,5-6,9-13,15-16H2,1H3/t24-,25-,27-,28+,29-/m1/s1. The van der Waals surface area contributed by atoms with Crippen molar-refractivity contribution in [1.82, 2.24) is 4.98 Å². The Labute approximate surface area is 201 Å². The summed E-state index contributed by atoms with van der Waals surface area (Å²) in [4.78, 5) is 4.37. The molecule has 4 nitrogen and oxygen atoms in total. The number of fused-ring (bicyclic) bond motifs is 3. The van der Waals surface area contributed by atoms with E-state index in [9.17, 15) is 0 Å². The van der Waals surface area contributed by atoms with Gasteiger partial charge in [-0.1, -0.05) is 25.1 Å². The van der Waals surface area contributed by atoms with E-state index in [0.29, 0.717) is 25.0 Å². The molecule has 3 aliphatic carbocycles. The first kappa shape index (κ1) is 20.2. The molecule has 4 heterocycles. The van der Waals surface area contributed by atoms with Gasteiger partial charge in [-0.3, -0.25) is 4.98 Å². The summed E-state index contributed by atoms with van der Waals surface area (Å²) in [6.07, 6.45) is 17.9. The highest BCUT2D eigenvalue weighted by Gasteiger charge is 2.69. The van der Waals surface area contributed by atoms with E-state index in [1.807, 2.05) is 12.4 Å². The molecule has 0 amide bonds. The van der Waals surface area contributed by atoms with Gasteiger partial charge in [-0.25, -0.2) is 0 Å². The highest BCUT2D eigenvalue weighted by atomic mass is 16.7. The van der Waals surface area contributed by atoms with Crippen molar-refractivity contribution in [3.63, 3.8) is 0 Å².